The summed E-state index contributed by atoms with van der Waals surface area (Å²) in [6.45, 7) is 0. The molecule has 15 rings (SSSR count). The second-order valence-corrected chi connectivity index (χ2v) is 19.4. The van der Waals surface area contributed by atoms with Gasteiger partial charge in [0.2, 0.25) is 0 Å². The Kier molecular flexibility index (Phi) is 10.1. The number of nitrogens with zero attached hydrogens (tertiary/aromatic N) is 6. The summed E-state index contributed by atoms with van der Waals surface area (Å²) in [5, 5.41) is 7.27. The molecule has 0 fully saturated rings. The number of fused-ring (bicyclic) bond motifs is 10. The van der Waals surface area contributed by atoms with Gasteiger partial charge in [0.05, 0.1) is 22.1 Å². The zero-order chi connectivity index (χ0) is 50.1. The maximum absolute atomic E-state index is 2.48. The van der Waals surface area contributed by atoms with E-state index in [0.29, 0.717) is 0 Å². The first-order valence-corrected chi connectivity index (χ1v) is 25.9. The second kappa shape index (κ2) is 17.7. The Bertz CT molecular complexity index is 4270. The van der Waals surface area contributed by atoms with Gasteiger partial charge >= 0.3 is 0 Å². The van der Waals surface area contributed by atoms with Crippen molar-refractivity contribution in [3.05, 3.63) is 291 Å². The average molecular weight is 973 g/mol. The highest BCUT2D eigenvalue weighted by Gasteiger charge is 2.26. The lowest BCUT2D eigenvalue weighted by Gasteiger charge is -2.26. The van der Waals surface area contributed by atoms with E-state index in [9.17, 15) is 0 Å². The Hall–Kier alpha value is -10.3. The first-order chi connectivity index (χ1) is 37.8. The summed E-state index contributed by atoms with van der Waals surface area (Å²) >= 11 is 0. The molecule has 0 bridgehead atoms. The van der Waals surface area contributed by atoms with Crippen molar-refractivity contribution in [2.45, 2.75) is 0 Å². The molecule has 0 saturated heterocycles. The van der Waals surface area contributed by atoms with Crippen LogP contribution in [-0.4, -0.2) is 18.3 Å². The number of rotatable bonds is 10. The molecule has 4 heterocycles. The quantitative estimate of drug-likeness (QED) is 0.136. The number of anilines is 6. The molecule has 0 aliphatic carbocycles. The van der Waals surface area contributed by atoms with E-state index >= 15 is 0 Å². The van der Waals surface area contributed by atoms with Gasteiger partial charge in [0.15, 0.2) is 0 Å². The fraction of sp³-hybridized carbons (Fsp3) is 0. The van der Waals surface area contributed by atoms with Gasteiger partial charge in [0.1, 0.15) is 11.3 Å². The Balaban J connectivity index is 0.968. The van der Waals surface area contributed by atoms with E-state index < -0.39 is 0 Å². The van der Waals surface area contributed by atoms with Crippen molar-refractivity contribution in [3.8, 4) is 22.7 Å². The summed E-state index contributed by atoms with van der Waals surface area (Å²) in [6, 6.07) is 105. The van der Waals surface area contributed by atoms with E-state index in [-0.39, 0.29) is 0 Å². The molecule has 0 radical (unpaired) electrons. The molecule has 76 heavy (non-hydrogen) atoms. The van der Waals surface area contributed by atoms with E-state index in [1.807, 2.05) is 0 Å². The maximum Gasteiger partial charge on any atom is 0.131 e. The zero-order valence-electron chi connectivity index (χ0n) is 41.4. The molecule has 6 nitrogen and oxygen atoms in total. The summed E-state index contributed by atoms with van der Waals surface area (Å²) in [6.07, 6.45) is 0. The van der Waals surface area contributed by atoms with Crippen LogP contribution in [0.3, 0.4) is 0 Å². The van der Waals surface area contributed by atoms with Gasteiger partial charge in [0.25, 0.3) is 0 Å². The summed E-state index contributed by atoms with van der Waals surface area (Å²) in [4.78, 5) is 4.68. The molecule has 15 aromatic rings. The van der Waals surface area contributed by atoms with E-state index in [4.69, 9.17) is 0 Å². The van der Waals surface area contributed by atoms with Gasteiger partial charge in [-0.3, -0.25) is 18.3 Å². The van der Waals surface area contributed by atoms with Crippen molar-refractivity contribution in [3.63, 3.8) is 0 Å². The van der Waals surface area contributed by atoms with Crippen molar-refractivity contribution < 1.29 is 0 Å². The number of aromatic nitrogens is 4. The van der Waals surface area contributed by atoms with Crippen LogP contribution in [-0.2, 0) is 0 Å². The summed E-state index contributed by atoms with van der Waals surface area (Å²) in [7, 11) is 0. The Morgan fingerprint density at radius 1 is 0.197 bits per heavy atom. The monoisotopic (exact) mass is 972 g/mol. The van der Waals surface area contributed by atoms with Gasteiger partial charge in [-0.1, -0.05) is 164 Å². The smallest absolute Gasteiger partial charge is 0.131 e. The second-order valence-electron chi connectivity index (χ2n) is 19.4. The van der Waals surface area contributed by atoms with E-state index in [1.54, 1.807) is 0 Å². The third-order valence-electron chi connectivity index (χ3n) is 15.0. The first kappa shape index (κ1) is 43.3. The van der Waals surface area contributed by atoms with Crippen molar-refractivity contribution >= 4 is 99.8 Å². The molecule has 0 amide bonds. The molecule has 358 valence electrons. The topological polar surface area (TPSA) is 26.2 Å². The molecule has 0 saturated carbocycles. The van der Waals surface area contributed by atoms with Gasteiger partial charge in [-0.05, 0) is 127 Å². The zero-order valence-corrected chi connectivity index (χ0v) is 41.4. The van der Waals surface area contributed by atoms with Crippen LogP contribution in [0, 0.1) is 0 Å². The number of para-hydroxylation sites is 8. The fourth-order valence-corrected chi connectivity index (χ4v) is 12.0. The van der Waals surface area contributed by atoms with Gasteiger partial charge in [-0.15, -0.1) is 0 Å². The molecule has 0 unspecified atom stereocenters. The van der Waals surface area contributed by atoms with E-state index in [0.717, 1.165) is 90.2 Å². The molecule has 4 aromatic heterocycles. The highest BCUT2D eigenvalue weighted by atomic mass is 15.2. The van der Waals surface area contributed by atoms with Crippen molar-refractivity contribution in [1.82, 2.24) is 18.3 Å². The minimum atomic E-state index is 1.07. The molecule has 0 spiro atoms. The van der Waals surface area contributed by atoms with Gasteiger partial charge in [-0.2, -0.15) is 0 Å². The van der Waals surface area contributed by atoms with Crippen LogP contribution in [0.2, 0.25) is 0 Å². The molecular formula is C70H48N6. The Morgan fingerprint density at radius 3 is 0.737 bits per heavy atom. The highest BCUT2D eigenvalue weighted by Crippen LogP contribution is 2.45. The lowest BCUT2D eigenvalue weighted by molar-refractivity contribution is 1.04. The average Bonchev–Trinajstić information content (AvgIpc) is 4.39. The molecule has 0 aliphatic heterocycles. The summed E-state index contributed by atoms with van der Waals surface area (Å²) in [5.74, 6) is 0. The van der Waals surface area contributed by atoms with Gasteiger partial charge in [-0.25, -0.2) is 0 Å². The van der Waals surface area contributed by atoms with Crippen molar-refractivity contribution in [1.29, 1.82) is 0 Å². The lowest BCUT2D eigenvalue weighted by atomic mass is 10.1. The standard InChI is InChI=1S/C70H48N6/c1-5-24-49(25-6-1)71(50-26-7-2-8-27-50)53-32-21-34-55(46-53)73-63-42-17-13-38-59(63)67-61-40-15-19-44-65(61)75(69(67)73)57-36-23-37-58(48-57)76-66-45-20-16-41-62(66)68-60-39-14-18-43-64(60)74(70(68)76)56-35-22-33-54(47-56)72(51-28-9-3-10-29-51)52-30-11-4-12-31-52/h1-48H. The van der Waals surface area contributed by atoms with Crippen LogP contribution in [0.1, 0.15) is 0 Å². The maximum atomic E-state index is 2.48. The van der Waals surface area contributed by atoms with Crippen LogP contribution in [0.5, 0.6) is 0 Å². The number of hydrogen-bond acceptors (Lipinski definition) is 2. The van der Waals surface area contributed by atoms with Crippen LogP contribution < -0.4 is 9.80 Å². The van der Waals surface area contributed by atoms with E-state index in [1.165, 1.54) is 32.3 Å². The van der Waals surface area contributed by atoms with Gasteiger partial charge < -0.3 is 9.80 Å². The fourth-order valence-electron chi connectivity index (χ4n) is 12.0. The van der Waals surface area contributed by atoms with Crippen molar-refractivity contribution in [2.24, 2.45) is 0 Å². The predicted molar refractivity (Wildman–Crippen MR) is 318 cm³/mol. The summed E-state index contributed by atoms with van der Waals surface area (Å²) < 4.78 is 9.90. The molecule has 6 heteroatoms. The number of hydrogen-bond donors (Lipinski definition) is 0. The van der Waals surface area contributed by atoms with Crippen LogP contribution in [0.25, 0.3) is 88.4 Å². The molecule has 0 atom stereocenters. The Labute approximate surface area is 439 Å². The first-order valence-electron chi connectivity index (χ1n) is 25.9. The number of benzene rings is 11. The minimum Gasteiger partial charge on any atom is -0.310 e. The molecule has 11 aromatic carbocycles. The van der Waals surface area contributed by atoms with Crippen LogP contribution in [0.4, 0.5) is 34.1 Å². The molecular weight excluding hydrogens is 925 g/mol. The normalized spacial score (nSPS) is 11.7. The molecule has 0 N–H and O–H groups in total. The van der Waals surface area contributed by atoms with Gasteiger partial charge in [0, 0.05) is 89.2 Å². The van der Waals surface area contributed by atoms with Crippen molar-refractivity contribution in [2.75, 3.05) is 9.80 Å². The lowest BCUT2D eigenvalue weighted by Crippen LogP contribution is -2.10. The molecule has 0 aliphatic rings. The third kappa shape index (κ3) is 6.81. The predicted octanol–water partition coefficient (Wildman–Crippen LogP) is 18.7. The SMILES string of the molecule is c1ccc(N(c2ccccc2)c2cccc(-n3c4ccccc4c4c5ccccc5n(-c5cccc(-n6c7ccccc7c7c8ccccc8n(-c8cccc(N(c9ccccc9)c9ccccc9)c8)c76)c5)c43)c2)cc1. The Morgan fingerprint density at radius 2 is 0.434 bits per heavy atom. The largest absolute Gasteiger partial charge is 0.310 e. The van der Waals surface area contributed by atoms with E-state index in [2.05, 4.69) is 319 Å². The van der Waals surface area contributed by atoms with Crippen LogP contribution >= 0.6 is 0 Å². The minimum absolute atomic E-state index is 1.07. The third-order valence-corrected chi connectivity index (χ3v) is 15.0. The highest BCUT2D eigenvalue weighted by molar-refractivity contribution is 6.24. The van der Waals surface area contributed by atoms with Crippen LogP contribution in [0.15, 0.2) is 291 Å². The summed E-state index contributed by atoms with van der Waals surface area (Å²) in [5.41, 5.74) is 17.6.